The Hall–Kier alpha value is -3.48. The molecule has 0 atom stereocenters. The number of aromatic nitrogens is 3. The molecule has 0 saturated heterocycles. The summed E-state index contributed by atoms with van der Waals surface area (Å²) in [5, 5.41) is 10.7. The second kappa shape index (κ2) is 7.60. The summed E-state index contributed by atoms with van der Waals surface area (Å²) in [5.74, 6) is 0.827. The van der Waals surface area contributed by atoms with E-state index in [0.717, 1.165) is 5.56 Å². The highest BCUT2D eigenvalue weighted by atomic mass is 16.5. The van der Waals surface area contributed by atoms with Crippen LogP contribution in [0.3, 0.4) is 0 Å². The van der Waals surface area contributed by atoms with Crippen molar-refractivity contribution in [2.75, 3.05) is 11.9 Å². The first-order chi connectivity index (χ1) is 12.5. The third-order valence-corrected chi connectivity index (χ3v) is 3.73. The fourth-order valence-corrected chi connectivity index (χ4v) is 2.43. The van der Waals surface area contributed by atoms with Gasteiger partial charge in [0.25, 0.3) is 5.91 Å². The lowest BCUT2D eigenvalue weighted by Gasteiger charge is -2.09. The zero-order valence-electron chi connectivity index (χ0n) is 14.5. The summed E-state index contributed by atoms with van der Waals surface area (Å²) in [4.78, 5) is 23.5. The summed E-state index contributed by atoms with van der Waals surface area (Å²) in [5.41, 5.74) is 2.02. The number of nitrogens with zero attached hydrogens (tertiary/aromatic N) is 3. The second-order valence-corrected chi connectivity index (χ2v) is 5.77. The van der Waals surface area contributed by atoms with Crippen LogP contribution < -0.4 is 10.1 Å². The number of hydrogen-bond donors (Lipinski definition) is 1. The van der Waals surface area contributed by atoms with Gasteiger partial charge in [-0.05, 0) is 31.2 Å². The zero-order chi connectivity index (χ0) is 18.5. The third-order valence-electron chi connectivity index (χ3n) is 3.73. The molecular formula is C19H18N4O3. The molecule has 7 nitrogen and oxygen atoms in total. The van der Waals surface area contributed by atoms with E-state index in [1.54, 1.807) is 41.2 Å². The molecule has 2 aromatic carbocycles. The van der Waals surface area contributed by atoms with Crippen LogP contribution in [0.5, 0.6) is 5.75 Å². The number of benzene rings is 2. The van der Waals surface area contributed by atoms with Crippen LogP contribution >= 0.6 is 0 Å². The van der Waals surface area contributed by atoms with E-state index >= 15 is 0 Å². The standard InChI is InChI=1S/C19H18N4O3/c1-13(24)14-5-4-8-17(10-14)26-11-18(25)21-16-7-3-6-15(9-16)19-22-20-12-23(19)2/h3-10,12H,11H2,1-2H3,(H,21,25). The molecule has 1 aromatic heterocycles. The van der Waals surface area contributed by atoms with E-state index in [2.05, 4.69) is 15.5 Å². The van der Waals surface area contributed by atoms with E-state index in [-0.39, 0.29) is 18.3 Å². The molecule has 0 aliphatic carbocycles. The molecule has 26 heavy (non-hydrogen) atoms. The maximum atomic E-state index is 12.1. The minimum atomic E-state index is -0.298. The largest absolute Gasteiger partial charge is 0.484 e. The van der Waals surface area contributed by atoms with Crippen molar-refractivity contribution in [1.82, 2.24) is 14.8 Å². The number of carbonyl (C=O) groups is 2. The average molecular weight is 350 g/mol. The first kappa shape index (κ1) is 17.3. The van der Waals surface area contributed by atoms with Crippen LogP contribution in [0.2, 0.25) is 0 Å². The zero-order valence-corrected chi connectivity index (χ0v) is 14.5. The van der Waals surface area contributed by atoms with Crippen LogP contribution in [0.25, 0.3) is 11.4 Å². The van der Waals surface area contributed by atoms with Gasteiger partial charge in [-0.2, -0.15) is 0 Å². The smallest absolute Gasteiger partial charge is 0.262 e. The summed E-state index contributed by atoms with van der Waals surface area (Å²) in [7, 11) is 1.85. The molecule has 0 spiro atoms. The first-order valence-electron chi connectivity index (χ1n) is 8.01. The molecule has 0 unspecified atom stereocenters. The van der Waals surface area contributed by atoms with Gasteiger partial charge in [-0.25, -0.2) is 0 Å². The number of carbonyl (C=O) groups excluding carboxylic acids is 2. The molecule has 0 aliphatic heterocycles. The first-order valence-corrected chi connectivity index (χ1v) is 8.01. The van der Waals surface area contributed by atoms with Gasteiger partial charge >= 0.3 is 0 Å². The Kier molecular flexibility index (Phi) is 5.07. The highest BCUT2D eigenvalue weighted by Gasteiger charge is 2.08. The lowest BCUT2D eigenvalue weighted by molar-refractivity contribution is -0.118. The van der Waals surface area contributed by atoms with Crippen LogP contribution in [0.15, 0.2) is 54.9 Å². The van der Waals surface area contributed by atoms with Crippen LogP contribution in [0.1, 0.15) is 17.3 Å². The minimum absolute atomic E-state index is 0.0551. The van der Waals surface area contributed by atoms with E-state index < -0.39 is 0 Å². The van der Waals surface area contributed by atoms with E-state index in [0.29, 0.717) is 22.8 Å². The highest BCUT2D eigenvalue weighted by Crippen LogP contribution is 2.20. The number of aryl methyl sites for hydroxylation is 1. The van der Waals surface area contributed by atoms with Gasteiger partial charge in [-0.3, -0.25) is 9.59 Å². The quantitative estimate of drug-likeness (QED) is 0.691. The van der Waals surface area contributed by atoms with Gasteiger partial charge in [0.2, 0.25) is 0 Å². The van der Waals surface area contributed by atoms with Crippen molar-refractivity contribution in [3.05, 3.63) is 60.4 Å². The Bertz CT molecular complexity index is 949. The van der Waals surface area contributed by atoms with E-state index in [1.807, 2.05) is 25.2 Å². The molecule has 3 aromatic rings. The number of ketones is 1. The number of amides is 1. The minimum Gasteiger partial charge on any atom is -0.484 e. The van der Waals surface area contributed by atoms with Gasteiger partial charge in [0.1, 0.15) is 12.1 Å². The van der Waals surface area contributed by atoms with Gasteiger partial charge < -0.3 is 14.6 Å². The second-order valence-electron chi connectivity index (χ2n) is 5.77. The van der Waals surface area contributed by atoms with Crippen molar-refractivity contribution in [2.24, 2.45) is 7.05 Å². The number of hydrogen-bond acceptors (Lipinski definition) is 5. The Labute approximate surface area is 150 Å². The molecule has 132 valence electrons. The molecule has 1 heterocycles. The molecule has 0 radical (unpaired) electrons. The van der Waals surface area contributed by atoms with Gasteiger partial charge in [0.15, 0.2) is 18.2 Å². The lowest BCUT2D eigenvalue weighted by Crippen LogP contribution is -2.20. The van der Waals surface area contributed by atoms with Crippen molar-refractivity contribution in [1.29, 1.82) is 0 Å². The maximum absolute atomic E-state index is 12.1. The topological polar surface area (TPSA) is 86.1 Å². The van der Waals surface area contributed by atoms with Crippen molar-refractivity contribution in [3.8, 4) is 17.1 Å². The van der Waals surface area contributed by atoms with E-state index in [9.17, 15) is 9.59 Å². The number of ether oxygens (including phenoxy) is 1. The van der Waals surface area contributed by atoms with E-state index in [4.69, 9.17) is 4.74 Å². The fraction of sp³-hybridized carbons (Fsp3) is 0.158. The Balaban J connectivity index is 1.63. The summed E-state index contributed by atoms with van der Waals surface area (Å²) in [6.07, 6.45) is 1.61. The predicted molar refractivity (Wildman–Crippen MR) is 97.0 cm³/mol. The van der Waals surface area contributed by atoms with E-state index in [1.165, 1.54) is 6.92 Å². The normalized spacial score (nSPS) is 10.4. The van der Waals surface area contributed by atoms with Gasteiger partial charge in [0.05, 0.1) is 0 Å². The average Bonchev–Trinajstić information content (AvgIpc) is 3.06. The van der Waals surface area contributed by atoms with Gasteiger partial charge in [-0.1, -0.05) is 24.3 Å². The molecule has 1 amide bonds. The Morgan fingerprint density at radius 1 is 1.15 bits per heavy atom. The monoisotopic (exact) mass is 350 g/mol. The van der Waals surface area contributed by atoms with Crippen molar-refractivity contribution in [3.63, 3.8) is 0 Å². The molecular weight excluding hydrogens is 332 g/mol. The highest BCUT2D eigenvalue weighted by molar-refractivity contribution is 5.94. The summed E-state index contributed by atoms with van der Waals surface area (Å²) in [6, 6.07) is 14.1. The van der Waals surface area contributed by atoms with Gasteiger partial charge in [0, 0.05) is 23.9 Å². The van der Waals surface area contributed by atoms with Crippen LogP contribution in [-0.4, -0.2) is 33.1 Å². The van der Waals surface area contributed by atoms with Crippen molar-refractivity contribution in [2.45, 2.75) is 6.92 Å². The number of Topliss-reactive ketones (excluding diaryl/α,β-unsaturated/α-hetero) is 1. The third kappa shape index (κ3) is 4.13. The molecule has 0 bridgehead atoms. The van der Waals surface area contributed by atoms with Crippen molar-refractivity contribution < 1.29 is 14.3 Å². The SMILES string of the molecule is CC(=O)c1cccc(OCC(=O)Nc2cccc(-c3nncn3C)c2)c1. The van der Waals surface area contributed by atoms with Crippen LogP contribution in [-0.2, 0) is 11.8 Å². The molecule has 0 fully saturated rings. The Morgan fingerprint density at radius 3 is 2.69 bits per heavy atom. The summed E-state index contributed by atoms with van der Waals surface area (Å²) >= 11 is 0. The van der Waals surface area contributed by atoms with Crippen LogP contribution in [0, 0.1) is 0 Å². The molecule has 7 heteroatoms. The molecule has 0 aliphatic rings. The number of nitrogens with one attached hydrogen (secondary N) is 1. The lowest BCUT2D eigenvalue weighted by atomic mass is 10.1. The summed E-state index contributed by atoms with van der Waals surface area (Å²) in [6.45, 7) is 1.32. The van der Waals surface area contributed by atoms with Gasteiger partial charge in [-0.15, -0.1) is 10.2 Å². The molecule has 1 N–H and O–H groups in total. The molecule has 0 saturated carbocycles. The number of anilines is 1. The van der Waals surface area contributed by atoms with Crippen LogP contribution in [0.4, 0.5) is 5.69 Å². The molecule has 3 rings (SSSR count). The summed E-state index contributed by atoms with van der Waals surface area (Å²) < 4.78 is 7.26. The Morgan fingerprint density at radius 2 is 1.96 bits per heavy atom. The maximum Gasteiger partial charge on any atom is 0.262 e. The predicted octanol–water partition coefficient (Wildman–Crippen LogP) is 2.70. The van der Waals surface area contributed by atoms with Crippen molar-refractivity contribution >= 4 is 17.4 Å². The number of rotatable bonds is 6. The fourth-order valence-electron chi connectivity index (χ4n) is 2.43.